The van der Waals surface area contributed by atoms with E-state index in [0.29, 0.717) is 6.42 Å². The van der Waals surface area contributed by atoms with Gasteiger partial charge in [-0.2, -0.15) is 0 Å². The molecule has 0 spiro atoms. The number of aromatic nitrogens is 2. The number of hydrogen-bond acceptors (Lipinski definition) is 2. The number of halogens is 1. The minimum atomic E-state index is -0.128. The summed E-state index contributed by atoms with van der Waals surface area (Å²) < 4.78 is 15.6. The number of nitrogens with one attached hydrogen (secondary N) is 1. The Kier molecular flexibility index (Phi) is 5.10. The SMILES string of the molecule is CCCn1ccnc1CNCCc1ccccc1F. The number of rotatable bonds is 7. The molecule has 0 unspecified atom stereocenters. The maximum Gasteiger partial charge on any atom is 0.126 e. The van der Waals surface area contributed by atoms with E-state index >= 15 is 0 Å². The van der Waals surface area contributed by atoms with Crippen molar-refractivity contribution in [2.45, 2.75) is 32.9 Å². The molecule has 0 bridgehead atoms. The molecule has 2 aromatic rings. The van der Waals surface area contributed by atoms with Crippen molar-refractivity contribution in [1.82, 2.24) is 14.9 Å². The average molecular weight is 261 g/mol. The van der Waals surface area contributed by atoms with E-state index in [-0.39, 0.29) is 5.82 Å². The van der Waals surface area contributed by atoms with E-state index in [2.05, 4.69) is 21.8 Å². The van der Waals surface area contributed by atoms with Crippen LogP contribution >= 0.6 is 0 Å². The second-order valence-corrected chi connectivity index (χ2v) is 4.56. The van der Waals surface area contributed by atoms with Gasteiger partial charge in [0.2, 0.25) is 0 Å². The topological polar surface area (TPSA) is 29.9 Å². The minimum Gasteiger partial charge on any atom is -0.334 e. The highest BCUT2D eigenvalue weighted by molar-refractivity contribution is 5.17. The summed E-state index contributed by atoms with van der Waals surface area (Å²) in [6.45, 7) is 4.61. The lowest BCUT2D eigenvalue weighted by Crippen LogP contribution is -2.20. The Morgan fingerprint density at radius 2 is 2.16 bits per heavy atom. The lowest BCUT2D eigenvalue weighted by molar-refractivity contribution is 0.575. The quantitative estimate of drug-likeness (QED) is 0.777. The highest BCUT2D eigenvalue weighted by Crippen LogP contribution is 2.06. The molecule has 102 valence electrons. The van der Waals surface area contributed by atoms with E-state index in [1.165, 1.54) is 6.07 Å². The van der Waals surface area contributed by atoms with Gasteiger partial charge in [0.25, 0.3) is 0 Å². The lowest BCUT2D eigenvalue weighted by Gasteiger charge is -2.08. The van der Waals surface area contributed by atoms with Crippen LogP contribution in [0.1, 0.15) is 24.7 Å². The van der Waals surface area contributed by atoms with E-state index in [1.807, 2.05) is 24.5 Å². The van der Waals surface area contributed by atoms with Crippen LogP contribution in [0.2, 0.25) is 0 Å². The zero-order chi connectivity index (χ0) is 13.5. The molecule has 3 nitrogen and oxygen atoms in total. The Morgan fingerprint density at radius 1 is 1.32 bits per heavy atom. The molecule has 0 saturated heterocycles. The first-order chi connectivity index (χ1) is 9.31. The summed E-state index contributed by atoms with van der Waals surface area (Å²) in [6, 6.07) is 6.92. The van der Waals surface area contributed by atoms with Crippen LogP contribution in [-0.4, -0.2) is 16.1 Å². The molecule has 0 radical (unpaired) electrons. The summed E-state index contributed by atoms with van der Waals surface area (Å²) >= 11 is 0. The van der Waals surface area contributed by atoms with Gasteiger partial charge in [0.1, 0.15) is 11.6 Å². The van der Waals surface area contributed by atoms with Crippen molar-refractivity contribution in [2.24, 2.45) is 0 Å². The van der Waals surface area contributed by atoms with Crippen LogP contribution < -0.4 is 5.32 Å². The van der Waals surface area contributed by atoms with E-state index in [1.54, 1.807) is 6.07 Å². The highest BCUT2D eigenvalue weighted by Gasteiger charge is 2.02. The Bertz CT molecular complexity index is 508. The van der Waals surface area contributed by atoms with E-state index in [4.69, 9.17) is 0 Å². The van der Waals surface area contributed by atoms with Crippen LogP contribution in [-0.2, 0) is 19.5 Å². The van der Waals surface area contributed by atoms with Crippen LogP contribution in [0.15, 0.2) is 36.7 Å². The van der Waals surface area contributed by atoms with Gasteiger partial charge in [0.15, 0.2) is 0 Å². The van der Waals surface area contributed by atoms with Crippen LogP contribution in [0.25, 0.3) is 0 Å². The summed E-state index contributed by atoms with van der Waals surface area (Å²) in [5, 5.41) is 3.31. The van der Waals surface area contributed by atoms with Crippen molar-refractivity contribution < 1.29 is 4.39 Å². The van der Waals surface area contributed by atoms with Gasteiger partial charge in [-0.25, -0.2) is 9.37 Å². The van der Waals surface area contributed by atoms with Crippen molar-refractivity contribution in [3.05, 3.63) is 53.9 Å². The molecular formula is C15H20FN3. The van der Waals surface area contributed by atoms with Crippen LogP contribution in [0.5, 0.6) is 0 Å². The zero-order valence-corrected chi connectivity index (χ0v) is 11.3. The van der Waals surface area contributed by atoms with Crippen molar-refractivity contribution in [3.63, 3.8) is 0 Å². The maximum absolute atomic E-state index is 13.4. The van der Waals surface area contributed by atoms with Crippen LogP contribution in [0, 0.1) is 5.82 Å². The Balaban J connectivity index is 1.78. The van der Waals surface area contributed by atoms with Crippen molar-refractivity contribution in [1.29, 1.82) is 0 Å². The van der Waals surface area contributed by atoms with Gasteiger partial charge >= 0.3 is 0 Å². The second-order valence-electron chi connectivity index (χ2n) is 4.56. The molecule has 1 aromatic heterocycles. The summed E-state index contributed by atoms with van der Waals surface area (Å²) in [5.74, 6) is 0.909. The fourth-order valence-corrected chi connectivity index (χ4v) is 2.08. The number of benzene rings is 1. The van der Waals surface area contributed by atoms with E-state index in [0.717, 1.165) is 37.4 Å². The molecular weight excluding hydrogens is 241 g/mol. The molecule has 1 N–H and O–H groups in total. The summed E-state index contributed by atoms with van der Waals surface area (Å²) in [5.41, 5.74) is 0.756. The van der Waals surface area contributed by atoms with Gasteiger partial charge in [-0.15, -0.1) is 0 Å². The van der Waals surface area contributed by atoms with Crippen molar-refractivity contribution in [3.8, 4) is 0 Å². The average Bonchev–Trinajstić information content (AvgIpc) is 2.85. The van der Waals surface area contributed by atoms with Crippen LogP contribution in [0.3, 0.4) is 0 Å². The third kappa shape index (κ3) is 3.89. The third-order valence-electron chi connectivity index (χ3n) is 3.08. The van der Waals surface area contributed by atoms with Gasteiger partial charge in [-0.05, 0) is 31.0 Å². The molecule has 0 aliphatic rings. The zero-order valence-electron chi connectivity index (χ0n) is 11.3. The molecule has 0 fully saturated rings. The van der Waals surface area contributed by atoms with Gasteiger partial charge in [0, 0.05) is 18.9 Å². The molecule has 4 heteroatoms. The number of imidazole rings is 1. The van der Waals surface area contributed by atoms with E-state index in [9.17, 15) is 4.39 Å². The summed E-state index contributed by atoms with van der Waals surface area (Å²) in [6.07, 6.45) is 5.61. The summed E-state index contributed by atoms with van der Waals surface area (Å²) in [4.78, 5) is 4.32. The molecule has 0 aliphatic heterocycles. The first-order valence-corrected chi connectivity index (χ1v) is 6.75. The molecule has 0 saturated carbocycles. The summed E-state index contributed by atoms with van der Waals surface area (Å²) in [7, 11) is 0. The molecule has 1 heterocycles. The van der Waals surface area contributed by atoms with Crippen molar-refractivity contribution in [2.75, 3.05) is 6.54 Å². The smallest absolute Gasteiger partial charge is 0.126 e. The first-order valence-electron chi connectivity index (χ1n) is 6.75. The maximum atomic E-state index is 13.4. The molecule has 19 heavy (non-hydrogen) atoms. The fourth-order valence-electron chi connectivity index (χ4n) is 2.08. The number of hydrogen-bond donors (Lipinski definition) is 1. The van der Waals surface area contributed by atoms with Gasteiger partial charge in [-0.3, -0.25) is 0 Å². The minimum absolute atomic E-state index is 0.128. The Hall–Kier alpha value is -1.68. The molecule has 0 amide bonds. The largest absolute Gasteiger partial charge is 0.334 e. The van der Waals surface area contributed by atoms with Gasteiger partial charge < -0.3 is 9.88 Å². The van der Waals surface area contributed by atoms with Gasteiger partial charge in [0.05, 0.1) is 6.54 Å². The standard InChI is InChI=1S/C15H20FN3/c1-2-10-19-11-9-18-15(19)12-17-8-7-13-5-3-4-6-14(13)16/h3-6,9,11,17H,2,7-8,10,12H2,1H3. The van der Waals surface area contributed by atoms with E-state index < -0.39 is 0 Å². The number of aryl methyl sites for hydroxylation is 1. The first kappa shape index (κ1) is 13.7. The molecule has 2 rings (SSSR count). The molecule has 1 aromatic carbocycles. The highest BCUT2D eigenvalue weighted by atomic mass is 19.1. The predicted octanol–water partition coefficient (Wildman–Crippen LogP) is 2.76. The van der Waals surface area contributed by atoms with Gasteiger partial charge in [-0.1, -0.05) is 25.1 Å². The van der Waals surface area contributed by atoms with Crippen LogP contribution in [0.4, 0.5) is 4.39 Å². The number of nitrogens with zero attached hydrogens (tertiary/aromatic N) is 2. The lowest BCUT2D eigenvalue weighted by atomic mass is 10.1. The second kappa shape index (κ2) is 7.04. The molecule has 0 aliphatic carbocycles. The normalized spacial score (nSPS) is 10.8. The molecule has 0 atom stereocenters. The van der Waals surface area contributed by atoms with Crippen molar-refractivity contribution >= 4 is 0 Å². The monoisotopic (exact) mass is 261 g/mol. The third-order valence-corrected chi connectivity index (χ3v) is 3.08. The predicted molar refractivity (Wildman–Crippen MR) is 74.3 cm³/mol. The fraction of sp³-hybridized carbons (Fsp3) is 0.400. The Morgan fingerprint density at radius 3 is 2.95 bits per heavy atom. The Labute approximate surface area is 113 Å².